The molecule has 0 bridgehead atoms. The van der Waals surface area contributed by atoms with Crippen molar-refractivity contribution < 1.29 is 4.79 Å². The van der Waals surface area contributed by atoms with E-state index in [2.05, 4.69) is 15.5 Å². The number of hydrogen-bond donors (Lipinski definition) is 3. The van der Waals surface area contributed by atoms with Crippen molar-refractivity contribution in [3.63, 3.8) is 0 Å². The molecule has 1 aliphatic carbocycles. The lowest BCUT2D eigenvalue weighted by atomic mass is 10.0. The summed E-state index contributed by atoms with van der Waals surface area (Å²) >= 11 is 0. The van der Waals surface area contributed by atoms with E-state index >= 15 is 0 Å². The van der Waals surface area contributed by atoms with Crippen LogP contribution in [0.5, 0.6) is 0 Å². The molecule has 5 heteroatoms. The van der Waals surface area contributed by atoms with Gasteiger partial charge in [-0.3, -0.25) is 9.89 Å². The fourth-order valence-corrected chi connectivity index (χ4v) is 2.57. The minimum absolute atomic E-state index is 0.00246. The van der Waals surface area contributed by atoms with E-state index in [-0.39, 0.29) is 17.9 Å². The van der Waals surface area contributed by atoms with Crippen LogP contribution in [-0.2, 0) is 4.79 Å². The van der Waals surface area contributed by atoms with Gasteiger partial charge in [-0.25, -0.2) is 0 Å². The predicted molar refractivity (Wildman–Crippen MR) is 70.0 cm³/mol. The van der Waals surface area contributed by atoms with Crippen LogP contribution in [-0.4, -0.2) is 22.1 Å². The Morgan fingerprint density at radius 1 is 1.44 bits per heavy atom. The summed E-state index contributed by atoms with van der Waals surface area (Å²) in [7, 11) is 0. The summed E-state index contributed by atoms with van der Waals surface area (Å²) in [5, 5.41) is 10.8. The molecule has 5 nitrogen and oxygen atoms in total. The minimum atomic E-state index is -0.0509. The molecule has 3 rings (SSSR count). The Labute approximate surface area is 105 Å². The SMILES string of the molecule is N[C@H]1CCC[C@H]1C(=O)Nc1ccc2[nH]ncc2c1. The van der Waals surface area contributed by atoms with Crippen LogP contribution in [0.25, 0.3) is 10.9 Å². The number of rotatable bonds is 2. The normalized spacial score (nSPS) is 23.4. The van der Waals surface area contributed by atoms with E-state index < -0.39 is 0 Å². The number of aromatic nitrogens is 2. The number of carbonyl (C=O) groups excluding carboxylic acids is 1. The standard InChI is InChI=1S/C13H16N4O/c14-11-3-1-2-10(11)13(18)16-9-4-5-12-8(6-9)7-15-17-12/h4-7,10-11H,1-3,14H2,(H,15,17)(H,16,18)/t10-,11+/m1/s1. The number of nitrogens with zero attached hydrogens (tertiary/aromatic N) is 1. The zero-order chi connectivity index (χ0) is 12.5. The lowest BCUT2D eigenvalue weighted by Gasteiger charge is -2.15. The fourth-order valence-electron chi connectivity index (χ4n) is 2.57. The van der Waals surface area contributed by atoms with Crippen LogP contribution in [0.4, 0.5) is 5.69 Å². The number of nitrogens with two attached hydrogens (primary N) is 1. The van der Waals surface area contributed by atoms with Gasteiger partial charge in [0.2, 0.25) is 5.91 Å². The van der Waals surface area contributed by atoms with Crippen molar-refractivity contribution in [3.8, 4) is 0 Å². The summed E-state index contributed by atoms with van der Waals surface area (Å²) in [5.41, 5.74) is 7.69. The Morgan fingerprint density at radius 2 is 2.33 bits per heavy atom. The number of fused-ring (bicyclic) bond motifs is 1. The van der Waals surface area contributed by atoms with Crippen LogP contribution in [0.3, 0.4) is 0 Å². The van der Waals surface area contributed by atoms with Crippen molar-refractivity contribution in [2.75, 3.05) is 5.32 Å². The Kier molecular flexibility index (Phi) is 2.76. The molecule has 1 fully saturated rings. The van der Waals surface area contributed by atoms with E-state index in [0.717, 1.165) is 35.9 Å². The van der Waals surface area contributed by atoms with Crippen LogP contribution in [0.15, 0.2) is 24.4 Å². The van der Waals surface area contributed by atoms with Crippen molar-refractivity contribution in [3.05, 3.63) is 24.4 Å². The first kappa shape index (κ1) is 11.2. The molecule has 0 aliphatic heterocycles. The number of benzene rings is 1. The van der Waals surface area contributed by atoms with E-state index in [0.29, 0.717) is 0 Å². The summed E-state index contributed by atoms with van der Waals surface area (Å²) in [6, 6.07) is 5.70. The molecule has 0 radical (unpaired) electrons. The summed E-state index contributed by atoms with van der Waals surface area (Å²) in [4.78, 5) is 12.1. The second kappa shape index (κ2) is 4.42. The Bertz CT molecular complexity index is 577. The van der Waals surface area contributed by atoms with Gasteiger partial charge in [-0.15, -0.1) is 0 Å². The second-order valence-corrected chi connectivity index (χ2v) is 4.86. The largest absolute Gasteiger partial charge is 0.327 e. The van der Waals surface area contributed by atoms with Crippen molar-refractivity contribution >= 4 is 22.5 Å². The topological polar surface area (TPSA) is 83.8 Å². The molecular formula is C13H16N4O. The van der Waals surface area contributed by atoms with Gasteiger partial charge in [0.25, 0.3) is 0 Å². The number of nitrogens with one attached hydrogen (secondary N) is 2. The molecule has 1 amide bonds. The number of carbonyl (C=O) groups is 1. The maximum absolute atomic E-state index is 12.1. The average Bonchev–Trinajstić information content (AvgIpc) is 2.96. The maximum atomic E-state index is 12.1. The highest BCUT2D eigenvalue weighted by Gasteiger charge is 2.30. The van der Waals surface area contributed by atoms with Gasteiger partial charge in [-0.05, 0) is 31.0 Å². The minimum Gasteiger partial charge on any atom is -0.327 e. The molecule has 1 saturated carbocycles. The van der Waals surface area contributed by atoms with E-state index in [9.17, 15) is 4.79 Å². The van der Waals surface area contributed by atoms with Crippen molar-refractivity contribution in [2.45, 2.75) is 25.3 Å². The zero-order valence-electron chi connectivity index (χ0n) is 10.0. The summed E-state index contributed by atoms with van der Waals surface area (Å²) < 4.78 is 0. The van der Waals surface area contributed by atoms with Crippen LogP contribution in [0, 0.1) is 5.92 Å². The molecule has 0 unspecified atom stereocenters. The van der Waals surface area contributed by atoms with E-state index in [1.807, 2.05) is 18.2 Å². The average molecular weight is 244 g/mol. The van der Waals surface area contributed by atoms with E-state index in [1.165, 1.54) is 0 Å². The molecule has 2 atom stereocenters. The maximum Gasteiger partial charge on any atom is 0.229 e. The number of amides is 1. The van der Waals surface area contributed by atoms with Gasteiger partial charge in [0.15, 0.2) is 0 Å². The van der Waals surface area contributed by atoms with Crippen LogP contribution in [0.1, 0.15) is 19.3 Å². The predicted octanol–water partition coefficient (Wildman–Crippen LogP) is 1.63. The smallest absolute Gasteiger partial charge is 0.229 e. The Balaban J connectivity index is 1.77. The summed E-state index contributed by atoms with van der Waals surface area (Å²) in [5.74, 6) is -0.0205. The molecular weight excluding hydrogens is 228 g/mol. The fraction of sp³-hybridized carbons (Fsp3) is 0.385. The summed E-state index contributed by atoms with van der Waals surface area (Å²) in [6.45, 7) is 0. The highest BCUT2D eigenvalue weighted by molar-refractivity contribution is 5.95. The highest BCUT2D eigenvalue weighted by atomic mass is 16.1. The first-order valence-electron chi connectivity index (χ1n) is 6.23. The molecule has 94 valence electrons. The molecule has 1 heterocycles. The first-order valence-corrected chi connectivity index (χ1v) is 6.23. The van der Waals surface area contributed by atoms with Crippen molar-refractivity contribution in [1.29, 1.82) is 0 Å². The molecule has 1 aromatic carbocycles. The van der Waals surface area contributed by atoms with E-state index in [1.54, 1.807) is 6.20 Å². The van der Waals surface area contributed by atoms with Crippen LogP contribution < -0.4 is 11.1 Å². The number of H-pyrrole nitrogens is 1. The number of anilines is 1. The lowest BCUT2D eigenvalue weighted by molar-refractivity contribution is -0.120. The van der Waals surface area contributed by atoms with Gasteiger partial charge in [0.1, 0.15) is 0 Å². The third-order valence-corrected chi connectivity index (χ3v) is 3.61. The van der Waals surface area contributed by atoms with Gasteiger partial charge in [0.05, 0.1) is 17.6 Å². The lowest BCUT2D eigenvalue weighted by Crippen LogP contribution is -2.34. The molecule has 18 heavy (non-hydrogen) atoms. The van der Waals surface area contributed by atoms with Gasteiger partial charge in [0, 0.05) is 17.1 Å². The molecule has 0 saturated heterocycles. The van der Waals surface area contributed by atoms with Gasteiger partial charge in [-0.2, -0.15) is 5.10 Å². The number of aromatic amines is 1. The quantitative estimate of drug-likeness (QED) is 0.750. The third-order valence-electron chi connectivity index (χ3n) is 3.61. The number of hydrogen-bond acceptors (Lipinski definition) is 3. The Morgan fingerprint density at radius 3 is 3.11 bits per heavy atom. The third kappa shape index (κ3) is 1.97. The molecule has 1 aliphatic rings. The monoisotopic (exact) mass is 244 g/mol. The Hall–Kier alpha value is -1.88. The first-order chi connectivity index (χ1) is 8.74. The van der Waals surface area contributed by atoms with Crippen LogP contribution in [0.2, 0.25) is 0 Å². The molecule has 1 aromatic heterocycles. The van der Waals surface area contributed by atoms with Crippen molar-refractivity contribution in [2.24, 2.45) is 11.7 Å². The van der Waals surface area contributed by atoms with E-state index in [4.69, 9.17) is 5.73 Å². The van der Waals surface area contributed by atoms with Gasteiger partial charge < -0.3 is 11.1 Å². The van der Waals surface area contributed by atoms with Crippen LogP contribution >= 0.6 is 0 Å². The molecule has 4 N–H and O–H groups in total. The highest BCUT2D eigenvalue weighted by Crippen LogP contribution is 2.26. The van der Waals surface area contributed by atoms with Gasteiger partial charge in [-0.1, -0.05) is 6.42 Å². The zero-order valence-corrected chi connectivity index (χ0v) is 10.0. The molecule has 0 spiro atoms. The summed E-state index contributed by atoms with van der Waals surface area (Å²) in [6.07, 6.45) is 4.62. The second-order valence-electron chi connectivity index (χ2n) is 4.86. The van der Waals surface area contributed by atoms with Gasteiger partial charge >= 0.3 is 0 Å². The molecule has 2 aromatic rings. The van der Waals surface area contributed by atoms with Crippen molar-refractivity contribution in [1.82, 2.24) is 10.2 Å².